The van der Waals surface area contributed by atoms with Crippen molar-refractivity contribution >= 4 is 11.7 Å². The SMILES string of the molecule is COc1cccc(CC(=NO)C(=O)O)c1. The van der Waals surface area contributed by atoms with Crippen molar-refractivity contribution in [2.75, 3.05) is 7.11 Å². The van der Waals surface area contributed by atoms with Gasteiger partial charge in [-0.25, -0.2) is 4.79 Å². The van der Waals surface area contributed by atoms with Gasteiger partial charge in [0, 0.05) is 6.42 Å². The topological polar surface area (TPSA) is 79.1 Å². The van der Waals surface area contributed by atoms with Crippen molar-refractivity contribution in [3.8, 4) is 5.75 Å². The lowest BCUT2D eigenvalue weighted by Crippen LogP contribution is -2.15. The van der Waals surface area contributed by atoms with Crippen LogP contribution < -0.4 is 4.74 Å². The maximum atomic E-state index is 10.6. The number of carboxylic acid groups (broad SMARTS) is 1. The normalized spacial score (nSPS) is 11.1. The quantitative estimate of drug-likeness (QED) is 0.443. The third kappa shape index (κ3) is 2.98. The molecular weight excluding hydrogens is 198 g/mol. The van der Waals surface area contributed by atoms with Gasteiger partial charge in [0.15, 0.2) is 5.71 Å². The van der Waals surface area contributed by atoms with Crippen LogP contribution in [0.3, 0.4) is 0 Å². The highest BCUT2D eigenvalue weighted by atomic mass is 16.5. The number of hydrogen-bond donors (Lipinski definition) is 2. The van der Waals surface area contributed by atoms with Crippen molar-refractivity contribution < 1.29 is 19.8 Å². The number of aliphatic carboxylic acids is 1. The molecule has 0 saturated carbocycles. The van der Waals surface area contributed by atoms with Crippen molar-refractivity contribution in [2.45, 2.75) is 6.42 Å². The summed E-state index contributed by atoms with van der Waals surface area (Å²) < 4.78 is 4.98. The predicted octanol–water partition coefficient (Wildman–Crippen LogP) is 1.15. The molecule has 1 aromatic carbocycles. The lowest BCUT2D eigenvalue weighted by atomic mass is 10.1. The van der Waals surface area contributed by atoms with Crippen LogP contribution in [0.4, 0.5) is 0 Å². The van der Waals surface area contributed by atoms with Crippen LogP contribution in [0, 0.1) is 0 Å². The van der Waals surface area contributed by atoms with Crippen molar-refractivity contribution in [2.24, 2.45) is 5.16 Å². The molecule has 0 atom stereocenters. The van der Waals surface area contributed by atoms with E-state index in [0.717, 1.165) is 0 Å². The summed E-state index contributed by atoms with van der Waals surface area (Å²) in [6.07, 6.45) is 0.0586. The van der Waals surface area contributed by atoms with Gasteiger partial charge in [-0.3, -0.25) is 0 Å². The molecular formula is C10H11NO4. The fraction of sp³-hybridized carbons (Fsp3) is 0.200. The molecule has 0 bridgehead atoms. The zero-order valence-corrected chi connectivity index (χ0v) is 8.17. The molecule has 1 aromatic rings. The molecule has 0 aliphatic carbocycles. The number of hydrogen-bond acceptors (Lipinski definition) is 4. The van der Waals surface area contributed by atoms with Gasteiger partial charge in [0.05, 0.1) is 7.11 Å². The van der Waals surface area contributed by atoms with Gasteiger partial charge in [-0.2, -0.15) is 0 Å². The van der Waals surface area contributed by atoms with Gasteiger partial charge in [-0.15, -0.1) is 0 Å². The number of nitrogens with zero attached hydrogens (tertiary/aromatic N) is 1. The molecule has 5 nitrogen and oxygen atoms in total. The Labute approximate surface area is 86.6 Å². The van der Waals surface area contributed by atoms with E-state index in [4.69, 9.17) is 15.1 Å². The van der Waals surface area contributed by atoms with Crippen LogP contribution >= 0.6 is 0 Å². The van der Waals surface area contributed by atoms with Crippen LogP contribution in [0.1, 0.15) is 5.56 Å². The smallest absolute Gasteiger partial charge is 0.354 e. The molecule has 0 radical (unpaired) electrons. The van der Waals surface area contributed by atoms with Gasteiger partial charge in [0.25, 0.3) is 0 Å². The number of carbonyl (C=O) groups is 1. The van der Waals surface area contributed by atoms with E-state index in [1.807, 2.05) is 0 Å². The highest BCUT2D eigenvalue weighted by Gasteiger charge is 2.11. The summed E-state index contributed by atoms with van der Waals surface area (Å²) in [5.41, 5.74) is 0.410. The van der Waals surface area contributed by atoms with Gasteiger partial charge in [-0.1, -0.05) is 17.3 Å². The Bertz CT molecular complexity index is 387. The first-order valence-electron chi connectivity index (χ1n) is 4.24. The molecule has 0 aromatic heterocycles. The van der Waals surface area contributed by atoms with Crippen molar-refractivity contribution in [3.63, 3.8) is 0 Å². The van der Waals surface area contributed by atoms with E-state index in [2.05, 4.69) is 5.16 Å². The second kappa shape index (κ2) is 4.99. The average molecular weight is 209 g/mol. The van der Waals surface area contributed by atoms with Crippen LogP contribution in [-0.2, 0) is 11.2 Å². The van der Waals surface area contributed by atoms with Crippen LogP contribution in [0.25, 0.3) is 0 Å². The van der Waals surface area contributed by atoms with E-state index in [1.54, 1.807) is 24.3 Å². The summed E-state index contributed by atoms with van der Waals surface area (Å²) in [6.45, 7) is 0. The van der Waals surface area contributed by atoms with Crippen molar-refractivity contribution in [1.29, 1.82) is 0 Å². The number of methoxy groups -OCH3 is 1. The van der Waals surface area contributed by atoms with Crippen molar-refractivity contribution in [3.05, 3.63) is 29.8 Å². The average Bonchev–Trinajstić information content (AvgIpc) is 2.25. The summed E-state index contributed by atoms with van der Waals surface area (Å²) in [6, 6.07) is 6.91. The van der Waals surface area contributed by atoms with E-state index >= 15 is 0 Å². The largest absolute Gasteiger partial charge is 0.497 e. The van der Waals surface area contributed by atoms with Gasteiger partial charge >= 0.3 is 5.97 Å². The maximum absolute atomic E-state index is 10.6. The Morgan fingerprint density at radius 2 is 2.27 bits per heavy atom. The van der Waals surface area contributed by atoms with E-state index in [9.17, 15) is 4.79 Å². The minimum absolute atomic E-state index is 0.0586. The number of oxime groups is 1. The van der Waals surface area contributed by atoms with Gasteiger partial charge in [0.2, 0.25) is 0 Å². The molecule has 0 amide bonds. The third-order valence-corrected chi connectivity index (χ3v) is 1.87. The summed E-state index contributed by atoms with van der Waals surface area (Å²) in [5.74, 6) is -0.601. The number of benzene rings is 1. The molecule has 1 rings (SSSR count). The minimum atomic E-state index is -1.24. The minimum Gasteiger partial charge on any atom is -0.497 e. The molecule has 5 heteroatoms. The zero-order valence-electron chi connectivity index (χ0n) is 8.17. The van der Waals surface area contributed by atoms with Gasteiger partial charge < -0.3 is 15.1 Å². The molecule has 80 valence electrons. The van der Waals surface area contributed by atoms with E-state index < -0.39 is 5.97 Å². The van der Waals surface area contributed by atoms with E-state index in [1.165, 1.54) is 7.11 Å². The lowest BCUT2D eigenvalue weighted by Gasteiger charge is -2.03. The molecule has 0 unspecified atom stereocenters. The fourth-order valence-electron chi connectivity index (χ4n) is 1.13. The Kier molecular flexibility index (Phi) is 3.68. The van der Waals surface area contributed by atoms with Gasteiger partial charge in [-0.05, 0) is 17.7 Å². The monoisotopic (exact) mass is 209 g/mol. The van der Waals surface area contributed by atoms with Gasteiger partial charge in [0.1, 0.15) is 5.75 Å². The lowest BCUT2D eigenvalue weighted by molar-refractivity contribution is -0.129. The van der Waals surface area contributed by atoms with Crippen molar-refractivity contribution in [1.82, 2.24) is 0 Å². The van der Waals surface area contributed by atoms with Crippen LogP contribution in [0.2, 0.25) is 0 Å². The molecule has 0 fully saturated rings. The zero-order chi connectivity index (χ0) is 11.3. The Morgan fingerprint density at radius 3 is 2.80 bits per heavy atom. The van der Waals surface area contributed by atoms with E-state index in [0.29, 0.717) is 11.3 Å². The summed E-state index contributed by atoms with van der Waals surface area (Å²) in [4.78, 5) is 10.6. The fourth-order valence-corrected chi connectivity index (χ4v) is 1.13. The highest BCUT2D eigenvalue weighted by molar-refractivity contribution is 6.35. The number of carboxylic acids is 1. The number of ether oxygens (including phenoxy) is 1. The molecule has 2 N–H and O–H groups in total. The Balaban J connectivity index is 2.84. The summed E-state index contributed by atoms with van der Waals surface area (Å²) in [7, 11) is 1.53. The summed E-state index contributed by atoms with van der Waals surface area (Å²) in [5, 5.41) is 19.8. The first-order valence-corrected chi connectivity index (χ1v) is 4.24. The second-order valence-corrected chi connectivity index (χ2v) is 2.88. The molecule has 0 aliphatic heterocycles. The Morgan fingerprint density at radius 1 is 1.53 bits per heavy atom. The second-order valence-electron chi connectivity index (χ2n) is 2.88. The number of rotatable bonds is 4. The third-order valence-electron chi connectivity index (χ3n) is 1.87. The highest BCUT2D eigenvalue weighted by Crippen LogP contribution is 2.13. The molecule has 15 heavy (non-hydrogen) atoms. The summed E-state index contributed by atoms with van der Waals surface area (Å²) >= 11 is 0. The molecule has 0 aliphatic rings. The van der Waals surface area contributed by atoms with E-state index in [-0.39, 0.29) is 12.1 Å². The molecule has 0 saturated heterocycles. The first-order chi connectivity index (χ1) is 7.17. The standard InChI is InChI=1S/C10H11NO4/c1-15-8-4-2-3-7(5-8)6-9(11-14)10(12)13/h2-5,14H,6H2,1H3,(H,12,13). The Hall–Kier alpha value is -2.04. The van der Waals surface area contributed by atoms with Crippen LogP contribution in [-0.4, -0.2) is 29.1 Å². The first kappa shape index (κ1) is 11.0. The van der Waals surface area contributed by atoms with Crippen LogP contribution in [0.5, 0.6) is 5.75 Å². The maximum Gasteiger partial charge on any atom is 0.354 e. The molecule has 0 spiro atoms. The van der Waals surface area contributed by atoms with Crippen LogP contribution in [0.15, 0.2) is 29.4 Å². The predicted molar refractivity (Wildman–Crippen MR) is 53.6 cm³/mol. The molecule has 0 heterocycles.